The first-order valence-corrected chi connectivity index (χ1v) is 9.46. The second-order valence-corrected chi connectivity index (χ2v) is 7.11. The number of aromatic nitrogens is 6. The highest BCUT2D eigenvalue weighted by molar-refractivity contribution is 5.80. The Morgan fingerprint density at radius 2 is 1.80 bits per heavy atom. The number of anilines is 2. The predicted octanol–water partition coefficient (Wildman–Crippen LogP) is 4.52. The molecule has 0 amide bonds. The van der Waals surface area contributed by atoms with E-state index < -0.39 is 0 Å². The summed E-state index contributed by atoms with van der Waals surface area (Å²) in [5.41, 5.74) is 5.69. The average Bonchev–Trinajstić information content (AvgIpc) is 3.37. The third kappa shape index (κ3) is 3.62. The van der Waals surface area contributed by atoms with E-state index in [-0.39, 0.29) is 5.82 Å². The second kappa shape index (κ2) is 7.40. The molecule has 0 atom stereocenters. The lowest BCUT2D eigenvalue weighted by Gasteiger charge is -2.03. The van der Waals surface area contributed by atoms with Gasteiger partial charge in [0.2, 0.25) is 5.95 Å². The molecule has 148 valence electrons. The van der Waals surface area contributed by atoms with Crippen molar-refractivity contribution in [2.24, 2.45) is 0 Å². The first kappa shape index (κ1) is 18.0. The van der Waals surface area contributed by atoms with E-state index in [2.05, 4.69) is 41.5 Å². The van der Waals surface area contributed by atoms with Gasteiger partial charge in [-0.05, 0) is 53.9 Å². The van der Waals surface area contributed by atoms with Gasteiger partial charge in [-0.15, -0.1) is 0 Å². The Balaban J connectivity index is 1.29. The van der Waals surface area contributed by atoms with Crippen molar-refractivity contribution in [3.05, 3.63) is 83.7 Å². The molecule has 4 aromatic heterocycles. The van der Waals surface area contributed by atoms with Gasteiger partial charge in [-0.25, -0.2) is 19.3 Å². The zero-order valence-corrected chi connectivity index (χ0v) is 16.1. The van der Waals surface area contributed by atoms with E-state index in [0.717, 1.165) is 33.3 Å². The molecule has 5 rings (SSSR count). The highest BCUT2D eigenvalue weighted by atomic mass is 19.1. The standard InChI is InChI=1S/C22H18FN7/c1-13-6-18-16(12-25-21(18)24-9-13)7-14-10-26-22(27-11-14)28-20-8-19(29-30-20)15-2-4-17(23)5-3-15/h2-6,8-12H,7H2,1H3,(H,24,25)(H2,26,27,28,29,30). The van der Waals surface area contributed by atoms with E-state index in [1.54, 1.807) is 24.5 Å². The zero-order chi connectivity index (χ0) is 20.5. The van der Waals surface area contributed by atoms with Crippen molar-refractivity contribution in [1.82, 2.24) is 30.1 Å². The largest absolute Gasteiger partial charge is 0.346 e. The minimum atomic E-state index is -0.278. The number of rotatable bonds is 5. The molecule has 0 fully saturated rings. The normalized spacial score (nSPS) is 11.1. The van der Waals surface area contributed by atoms with Crippen LogP contribution in [0.15, 0.2) is 61.2 Å². The number of H-pyrrole nitrogens is 2. The molecule has 0 radical (unpaired) electrons. The smallest absolute Gasteiger partial charge is 0.228 e. The van der Waals surface area contributed by atoms with Crippen LogP contribution >= 0.6 is 0 Å². The Morgan fingerprint density at radius 3 is 2.60 bits per heavy atom. The number of hydrogen-bond donors (Lipinski definition) is 3. The lowest BCUT2D eigenvalue weighted by molar-refractivity contribution is 0.628. The molecule has 4 heterocycles. The van der Waals surface area contributed by atoms with Crippen LogP contribution in [0.3, 0.4) is 0 Å². The fourth-order valence-corrected chi connectivity index (χ4v) is 3.31. The highest BCUT2D eigenvalue weighted by Gasteiger charge is 2.08. The summed E-state index contributed by atoms with van der Waals surface area (Å²) in [6, 6.07) is 10.1. The van der Waals surface area contributed by atoms with Crippen molar-refractivity contribution < 1.29 is 4.39 Å². The molecule has 3 N–H and O–H groups in total. The second-order valence-electron chi connectivity index (χ2n) is 7.11. The monoisotopic (exact) mass is 399 g/mol. The fourth-order valence-electron chi connectivity index (χ4n) is 3.31. The molecule has 0 spiro atoms. The molecule has 0 aliphatic carbocycles. The summed E-state index contributed by atoms with van der Waals surface area (Å²) < 4.78 is 13.1. The van der Waals surface area contributed by atoms with Gasteiger partial charge in [-0.3, -0.25) is 5.10 Å². The molecular weight excluding hydrogens is 381 g/mol. The van der Waals surface area contributed by atoms with E-state index in [4.69, 9.17) is 0 Å². The molecular formula is C22H18FN7. The van der Waals surface area contributed by atoms with Crippen LogP contribution in [0.4, 0.5) is 16.2 Å². The summed E-state index contributed by atoms with van der Waals surface area (Å²) in [6.07, 6.45) is 8.14. The quantitative estimate of drug-likeness (QED) is 0.404. The van der Waals surface area contributed by atoms with Crippen LogP contribution in [-0.2, 0) is 6.42 Å². The Kier molecular flexibility index (Phi) is 4.44. The Labute approximate surface area is 171 Å². The molecule has 0 bridgehead atoms. The van der Waals surface area contributed by atoms with Gasteiger partial charge in [0.1, 0.15) is 17.3 Å². The number of nitrogens with one attached hydrogen (secondary N) is 3. The van der Waals surface area contributed by atoms with Gasteiger partial charge in [0.15, 0.2) is 0 Å². The molecule has 30 heavy (non-hydrogen) atoms. The van der Waals surface area contributed by atoms with Gasteiger partial charge in [0.05, 0.1) is 5.69 Å². The molecule has 0 aliphatic heterocycles. The Morgan fingerprint density at radius 1 is 1.00 bits per heavy atom. The number of aromatic amines is 2. The van der Waals surface area contributed by atoms with Crippen molar-refractivity contribution in [3.8, 4) is 11.3 Å². The lowest BCUT2D eigenvalue weighted by atomic mass is 10.1. The SMILES string of the molecule is Cc1cnc2[nH]cc(Cc3cnc(Nc4cc(-c5ccc(F)cc5)n[nH]4)nc3)c2c1. The summed E-state index contributed by atoms with van der Waals surface area (Å²) >= 11 is 0. The van der Waals surface area contributed by atoms with E-state index in [1.807, 2.05) is 25.4 Å². The lowest BCUT2D eigenvalue weighted by Crippen LogP contribution is -1.98. The maximum absolute atomic E-state index is 13.1. The number of halogens is 1. The van der Waals surface area contributed by atoms with Crippen LogP contribution in [-0.4, -0.2) is 30.1 Å². The summed E-state index contributed by atoms with van der Waals surface area (Å²) in [5, 5.41) is 11.4. The van der Waals surface area contributed by atoms with Gasteiger partial charge >= 0.3 is 0 Å². The van der Waals surface area contributed by atoms with Crippen LogP contribution in [0.2, 0.25) is 0 Å². The minimum Gasteiger partial charge on any atom is -0.346 e. The molecule has 0 saturated heterocycles. The van der Waals surface area contributed by atoms with E-state index in [0.29, 0.717) is 23.9 Å². The van der Waals surface area contributed by atoms with Crippen molar-refractivity contribution in [3.63, 3.8) is 0 Å². The number of benzene rings is 1. The van der Waals surface area contributed by atoms with Gasteiger partial charge in [-0.1, -0.05) is 0 Å². The van der Waals surface area contributed by atoms with Gasteiger partial charge < -0.3 is 10.3 Å². The fraction of sp³-hybridized carbons (Fsp3) is 0.0909. The average molecular weight is 399 g/mol. The van der Waals surface area contributed by atoms with Crippen molar-refractivity contribution in [2.45, 2.75) is 13.3 Å². The van der Waals surface area contributed by atoms with Gasteiger partial charge in [-0.2, -0.15) is 5.10 Å². The Hall–Kier alpha value is -4.07. The first-order chi connectivity index (χ1) is 14.6. The van der Waals surface area contributed by atoms with Crippen LogP contribution in [0.25, 0.3) is 22.3 Å². The molecule has 0 saturated carbocycles. The molecule has 8 heteroatoms. The molecule has 0 unspecified atom stereocenters. The predicted molar refractivity (Wildman–Crippen MR) is 113 cm³/mol. The third-order valence-electron chi connectivity index (χ3n) is 4.82. The number of hydrogen-bond acceptors (Lipinski definition) is 5. The summed E-state index contributed by atoms with van der Waals surface area (Å²) in [4.78, 5) is 16.4. The van der Waals surface area contributed by atoms with Crippen LogP contribution in [0, 0.1) is 12.7 Å². The van der Waals surface area contributed by atoms with Crippen LogP contribution in [0.5, 0.6) is 0 Å². The molecule has 0 aliphatic rings. The molecule has 7 nitrogen and oxygen atoms in total. The van der Waals surface area contributed by atoms with Crippen LogP contribution in [0.1, 0.15) is 16.7 Å². The maximum Gasteiger partial charge on any atom is 0.228 e. The number of pyridine rings is 1. The van der Waals surface area contributed by atoms with Crippen molar-refractivity contribution in [1.29, 1.82) is 0 Å². The third-order valence-corrected chi connectivity index (χ3v) is 4.82. The number of fused-ring (bicyclic) bond motifs is 1. The number of nitrogens with zero attached hydrogens (tertiary/aromatic N) is 4. The zero-order valence-electron chi connectivity index (χ0n) is 16.1. The first-order valence-electron chi connectivity index (χ1n) is 9.46. The summed E-state index contributed by atoms with van der Waals surface area (Å²) in [5.74, 6) is 0.838. The molecule has 5 aromatic rings. The van der Waals surface area contributed by atoms with Crippen LogP contribution < -0.4 is 5.32 Å². The van der Waals surface area contributed by atoms with Gasteiger partial charge in [0.25, 0.3) is 0 Å². The minimum absolute atomic E-state index is 0.278. The van der Waals surface area contributed by atoms with E-state index in [9.17, 15) is 4.39 Å². The molecule has 1 aromatic carbocycles. The summed E-state index contributed by atoms with van der Waals surface area (Å²) in [6.45, 7) is 2.03. The summed E-state index contributed by atoms with van der Waals surface area (Å²) in [7, 11) is 0. The van der Waals surface area contributed by atoms with E-state index >= 15 is 0 Å². The van der Waals surface area contributed by atoms with E-state index in [1.165, 1.54) is 12.1 Å². The maximum atomic E-state index is 13.1. The van der Waals surface area contributed by atoms with Crippen molar-refractivity contribution >= 4 is 22.8 Å². The Bertz CT molecular complexity index is 1300. The van der Waals surface area contributed by atoms with Crippen molar-refractivity contribution in [2.75, 3.05) is 5.32 Å². The highest BCUT2D eigenvalue weighted by Crippen LogP contribution is 2.22. The topological polar surface area (TPSA) is 95.2 Å². The van der Waals surface area contributed by atoms with Gasteiger partial charge in [0, 0.05) is 48.2 Å². The number of aryl methyl sites for hydroxylation is 1.